The summed E-state index contributed by atoms with van der Waals surface area (Å²) in [6.07, 6.45) is 7.02. The standard InChI is InChI=1S/C13H19O5/c1-15-6-7-16-8-9-17-10-11-18-13(14)12-4-2-3-5-12/h2-5H,6-11H2,1H3. The van der Waals surface area contributed by atoms with Crippen LogP contribution in [0.1, 0.15) is 0 Å². The lowest BCUT2D eigenvalue weighted by Crippen LogP contribution is -2.17. The Morgan fingerprint density at radius 2 is 1.50 bits per heavy atom. The third-order valence-electron chi connectivity index (χ3n) is 2.16. The normalized spacial score (nSPS) is 16.1. The lowest BCUT2D eigenvalue weighted by molar-refractivity contribution is -0.142. The van der Waals surface area contributed by atoms with E-state index in [1.54, 1.807) is 32.8 Å². The summed E-state index contributed by atoms with van der Waals surface area (Å²) in [4.78, 5) is 11.4. The molecule has 0 bridgehead atoms. The zero-order valence-electron chi connectivity index (χ0n) is 10.6. The predicted octanol–water partition coefficient (Wildman–Crippen LogP) is 0.614. The van der Waals surface area contributed by atoms with Gasteiger partial charge in [-0.15, -0.1) is 0 Å². The maximum absolute atomic E-state index is 11.4. The van der Waals surface area contributed by atoms with Crippen LogP contribution < -0.4 is 0 Å². The van der Waals surface area contributed by atoms with Crippen molar-refractivity contribution in [3.63, 3.8) is 0 Å². The minimum absolute atomic E-state index is 0.252. The molecule has 1 fully saturated rings. The van der Waals surface area contributed by atoms with Gasteiger partial charge in [0.05, 0.1) is 39.0 Å². The molecule has 0 aromatic heterocycles. The number of rotatable bonds is 10. The molecule has 1 saturated carbocycles. The molecule has 18 heavy (non-hydrogen) atoms. The predicted molar refractivity (Wildman–Crippen MR) is 64.9 cm³/mol. The van der Waals surface area contributed by atoms with Crippen molar-refractivity contribution in [3.05, 3.63) is 31.6 Å². The monoisotopic (exact) mass is 255 g/mol. The van der Waals surface area contributed by atoms with Crippen LogP contribution >= 0.6 is 0 Å². The van der Waals surface area contributed by atoms with Gasteiger partial charge in [0.25, 0.3) is 0 Å². The summed E-state index contributed by atoms with van der Waals surface area (Å²) >= 11 is 0. The van der Waals surface area contributed by atoms with E-state index in [-0.39, 0.29) is 12.6 Å². The smallest absolute Gasteiger partial charge is 0.313 e. The van der Waals surface area contributed by atoms with E-state index in [0.29, 0.717) is 39.0 Å². The molecule has 5 radical (unpaired) electrons. The molecule has 0 heterocycles. The Kier molecular flexibility index (Phi) is 8.81. The molecule has 5 heteroatoms. The van der Waals surface area contributed by atoms with E-state index in [2.05, 4.69) is 0 Å². The van der Waals surface area contributed by atoms with E-state index in [9.17, 15) is 4.79 Å². The average molecular weight is 255 g/mol. The summed E-state index contributed by atoms with van der Waals surface area (Å²) in [5.74, 6) is 0.248. The molecule has 0 spiro atoms. The minimum Gasteiger partial charge on any atom is -0.463 e. The lowest BCUT2D eigenvalue weighted by Gasteiger charge is -2.09. The molecule has 0 amide bonds. The first-order valence-electron chi connectivity index (χ1n) is 5.88. The average Bonchev–Trinajstić information content (AvgIpc) is 2.90. The number of hydrogen-bond acceptors (Lipinski definition) is 5. The summed E-state index contributed by atoms with van der Waals surface area (Å²) in [5, 5.41) is 0. The van der Waals surface area contributed by atoms with Crippen LogP contribution in [-0.2, 0) is 23.7 Å². The Labute approximate surface area is 109 Å². The molecule has 0 saturated heterocycles. The van der Waals surface area contributed by atoms with Gasteiger partial charge in [-0.05, 0) is 25.7 Å². The third-order valence-corrected chi connectivity index (χ3v) is 2.16. The minimum atomic E-state index is -0.319. The molecular formula is C13H19O5. The van der Waals surface area contributed by atoms with Crippen molar-refractivity contribution >= 4 is 5.97 Å². The van der Waals surface area contributed by atoms with Crippen LogP contribution in [-0.4, -0.2) is 52.7 Å². The van der Waals surface area contributed by atoms with Crippen molar-refractivity contribution in [2.45, 2.75) is 0 Å². The molecule has 0 aliphatic heterocycles. The van der Waals surface area contributed by atoms with Gasteiger partial charge in [-0.25, -0.2) is 0 Å². The van der Waals surface area contributed by atoms with Gasteiger partial charge in [-0.3, -0.25) is 4.79 Å². The number of methoxy groups -OCH3 is 1. The molecule has 0 aromatic carbocycles. The van der Waals surface area contributed by atoms with Crippen molar-refractivity contribution in [2.75, 3.05) is 46.8 Å². The van der Waals surface area contributed by atoms with E-state index >= 15 is 0 Å². The van der Waals surface area contributed by atoms with Crippen molar-refractivity contribution in [3.8, 4) is 0 Å². The molecule has 0 N–H and O–H groups in total. The maximum atomic E-state index is 11.4. The first-order chi connectivity index (χ1) is 8.84. The molecular weight excluding hydrogens is 236 g/mol. The van der Waals surface area contributed by atoms with E-state index in [1.165, 1.54) is 0 Å². The number of esters is 1. The summed E-state index contributed by atoms with van der Waals surface area (Å²) in [6.45, 7) is 2.77. The second-order valence-corrected chi connectivity index (χ2v) is 3.53. The van der Waals surface area contributed by atoms with E-state index < -0.39 is 0 Å². The van der Waals surface area contributed by atoms with Gasteiger partial charge in [-0.2, -0.15) is 0 Å². The van der Waals surface area contributed by atoms with Crippen LogP contribution in [0.3, 0.4) is 0 Å². The molecule has 1 aliphatic carbocycles. The first kappa shape index (κ1) is 15.4. The van der Waals surface area contributed by atoms with E-state index in [0.717, 1.165) is 0 Å². The number of ether oxygens (including phenoxy) is 4. The van der Waals surface area contributed by atoms with E-state index in [1.807, 2.05) is 0 Å². The summed E-state index contributed by atoms with van der Waals surface area (Å²) in [7, 11) is 1.63. The lowest BCUT2D eigenvalue weighted by atomic mass is 10.1. The highest BCUT2D eigenvalue weighted by atomic mass is 16.6. The first-order valence-corrected chi connectivity index (χ1v) is 5.88. The summed E-state index contributed by atoms with van der Waals surface area (Å²) < 4.78 is 20.3. The molecule has 0 unspecified atom stereocenters. The second-order valence-electron chi connectivity index (χ2n) is 3.53. The SMILES string of the molecule is COCCOCCOCCOC(=O)[C]1[CH][CH][CH][CH]1. The molecule has 0 atom stereocenters. The number of carbonyl (C=O) groups excluding carboxylic acids is 1. The fourth-order valence-electron chi connectivity index (χ4n) is 1.25. The topological polar surface area (TPSA) is 54.0 Å². The van der Waals surface area contributed by atoms with Crippen molar-refractivity contribution in [2.24, 2.45) is 0 Å². The molecule has 0 aromatic rings. The largest absolute Gasteiger partial charge is 0.463 e. The number of carbonyl (C=O) groups is 1. The van der Waals surface area contributed by atoms with Gasteiger partial charge in [0.15, 0.2) is 0 Å². The molecule has 1 rings (SSSR count). The molecule has 101 valence electrons. The Bertz CT molecular complexity index is 213. The zero-order valence-corrected chi connectivity index (χ0v) is 10.6. The van der Waals surface area contributed by atoms with Crippen molar-refractivity contribution in [1.82, 2.24) is 0 Å². The van der Waals surface area contributed by atoms with Crippen LogP contribution in [0.5, 0.6) is 0 Å². The fraction of sp³-hybridized carbons (Fsp3) is 0.538. The maximum Gasteiger partial charge on any atom is 0.313 e. The highest BCUT2D eigenvalue weighted by molar-refractivity contribution is 5.91. The van der Waals surface area contributed by atoms with Gasteiger partial charge in [0, 0.05) is 7.11 Å². The Balaban J connectivity index is 1.82. The van der Waals surface area contributed by atoms with Crippen LogP contribution in [0.15, 0.2) is 0 Å². The van der Waals surface area contributed by atoms with Crippen molar-refractivity contribution < 1.29 is 23.7 Å². The van der Waals surface area contributed by atoms with Crippen LogP contribution in [0.25, 0.3) is 0 Å². The highest BCUT2D eigenvalue weighted by Crippen LogP contribution is 2.23. The molecule has 1 aliphatic rings. The van der Waals surface area contributed by atoms with Gasteiger partial charge < -0.3 is 18.9 Å². The Morgan fingerprint density at radius 1 is 0.944 bits per heavy atom. The summed E-state index contributed by atoms with van der Waals surface area (Å²) in [6, 6.07) is 0. The van der Waals surface area contributed by atoms with Crippen LogP contribution in [0.2, 0.25) is 0 Å². The fourth-order valence-corrected chi connectivity index (χ4v) is 1.25. The van der Waals surface area contributed by atoms with Gasteiger partial charge >= 0.3 is 5.97 Å². The zero-order chi connectivity index (χ0) is 13.1. The quantitative estimate of drug-likeness (QED) is 0.423. The summed E-state index contributed by atoms with van der Waals surface area (Å²) in [5.41, 5.74) is 0. The van der Waals surface area contributed by atoms with Crippen molar-refractivity contribution in [1.29, 1.82) is 0 Å². The Hall–Kier alpha value is -0.650. The van der Waals surface area contributed by atoms with Gasteiger partial charge in [0.2, 0.25) is 0 Å². The highest BCUT2D eigenvalue weighted by Gasteiger charge is 2.25. The Morgan fingerprint density at radius 3 is 2.11 bits per heavy atom. The van der Waals surface area contributed by atoms with Crippen LogP contribution in [0, 0.1) is 31.6 Å². The van der Waals surface area contributed by atoms with Gasteiger partial charge in [-0.1, -0.05) is 0 Å². The molecule has 5 nitrogen and oxygen atoms in total. The number of hydrogen-bond donors (Lipinski definition) is 0. The van der Waals surface area contributed by atoms with Crippen LogP contribution in [0.4, 0.5) is 0 Å². The van der Waals surface area contributed by atoms with Gasteiger partial charge in [0.1, 0.15) is 6.61 Å². The van der Waals surface area contributed by atoms with E-state index in [4.69, 9.17) is 18.9 Å². The third kappa shape index (κ3) is 6.93. The second kappa shape index (κ2) is 10.3.